The Morgan fingerprint density at radius 3 is 2.22 bits per heavy atom. The fourth-order valence-corrected chi connectivity index (χ4v) is 0.996. The van der Waals surface area contributed by atoms with Crippen LogP contribution in [-0.4, -0.2) is 12.2 Å². The van der Waals surface area contributed by atoms with Gasteiger partial charge in [-0.05, 0) is 13.8 Å². The van der Waals surface area contributed by atoms with Gasteiger partial charge in [0.15, 0.2) is 0 Å². The average Bonchev–Trinajstić information content (AvgIpc) is 1.80. The summed E-state index contributed by atoms with van der Waals surface area (Å²) in [6.07, 6.45) is 5.05. The van der Waals surface area contributed by atoms with Crippen LogP contribution in [0.25, 0.3) is 0 Å². The molecule has 1 rings (SSSR count). The molecule has 1 heteroatoms. The molecule has 0 saturated carbocycles. The van der Waals surface area contributed by atoms with Gasteiger partial charge in [0.25, 0.3) is 0 Å². The maximum absolute atomic E-state index is 5.51. The third-order valence-electron chi connectivity index (χ3n) is 1.86. The van der Waals surface area contributed by atoms with Gasteiger partial charge in [-0.1, -0.05) is 19.1 Å². The summed E-state index contributed by atoms with van der Waals surface area (Å²) < 4.78 is 5.51. The van der Waals surface area contributed by atoms with E-state index in [2.05, 4.69) is 32.9 Å². The minimum Gasteiger partial charge on any atom is -0.371 e. The highest BCUT2D eigenvalue weighted by Gasteiger charge is 2.16. The van der Waals surface area contributed by atoms with Crippen LogP contribution in [0.15, 0.2) is 12.2 Å². The van der Waals surface area contributed by atoms with Crippen molar-refractivity contribution in [3.05, 3.63) is 12.2 Å². The van der Waals surface area contributed by atoms with E-state index in [9.17, 15) is 0 Å². The number of hydrogen-bond acceptors (Lipinski definition) is 1. The number of rotatable bonds is 0. The molecule has 1 aliphatic heterocycles. The fourth-order valence-electron chi connectivity index (χ4n) is 0.996. The van der Waals surface area contributed by atoms with Crippen molar-refractivity contribution < 1.29 is 4.74 Å². The molecule has 0 fully saturated rings. The first-order valence-corrected chi connectivity index (χ1v) is 3.54. The molecule has 0 aromatic carbocycles. The van der Waals surface area contributed by atoms with Crippen molar-refractivity contribution >= 4 is 0 Å². The zero-order chi connectivity index (χ0) is 6.85. The molecule has 0 amide bonds. The van der Waals surface area contributed by atoms with Gasteiger partial charge in [-0.2, -0.15) is 0 Å². The lowest BCUT2D eigenvalue weighted by Crippen LogP contribution is -2.25. The quantitative estimate of drug-likeness (QED) is 0.451. The van der Waals surface area contributed by atoms with Crippen LogP contribution in [0, 0.1) is 5.92 Å². The summed E-state index contributed by atoms with van der Waals surface area (Å²) in [6.45, 7) is 6.36. The molecule has 1 heterocycles. The monoisotopic (exact) mass is 126 g/mol. The van der Waals surface area contributed by atoms with E-state index in [0.717, 1.165) is 0 Å². The second kappa shape index (κ2) is 2.53. The SMILES string of the molecule is C[C@@H]1C=C[C@H](C)[C@@H](C)O1. The molecule has 1 aliphatic rings. The van der Waals surface area contributed by atoms with E-state index >= 15 is 0 Å². The lowest BCUT2D eigenvalue weighted by Gasteiger charge is -2.25. The van der Waals surface area contributed by atoms with Crippen LogP contribution in [0.3, 0.4) is 0 Å². The molecule has 0 bridgehead atoms. The van der Waals surface area contributed by atoms with Crippen LogP contribution in [0.5, 0.6) is 0 Å². The Bertz CT molecular complexity index is 118. The smallest absolute Gasteiger partial charge is 0.0731 e. The van der Waals surface area contributed by atoms with E-state index in [1.165, 1.54) is 0 Å². The first kappa shape index (κ1) is 6.81. The van der Waals surface area contributed by atoms with Crippen molar-refractivity contribution in [1.82, 2.24) is 0 Å². The Kier molecular flexibility index (Phi) is 1.91. The molecule has 0 N–H and O–H groups in total. The van der Waals surface area contributed by atoms with Gasteiger partial charge in [-0.3, -0.25) is 0 Å². The van der Waals surface area contributed by atoms with E-state index in [-0.39, 0.29) is 0 Å². The largest absolute Gasteiger partial charge is 0.371 e. The Labute approximate surface area is 56.7 Å². The Morgan fingerprint density at radius 2 is 1.78 bits per heavy atom. The molecular formula is C8H14O. The highest BCUT2D eigenvalue weighted by atomic mass is 16.5. The standard InChI is InChI=1S/C8H14O/c1-6-4-5-7(2)9-8(6)3/h4-8H,1-3H3/t6-,7+,8+/m0/s1. The van der Waals surface area contributed by atoms with Gasteiger partial charge in [-0.25, -0.2) is 0 Å². The van der Waals surface area contributed by atoms with Gasteiger partial charge >= 0.3 is 0 Å². The summed E-state index contributed by atoms with van der Waals surface area (Å²) in [7, 11) is 0. The van der Waals surface area contributed by atoms with Gasteiger partial charge in [0, 0.05) is 5.92 Å². The fraction of sp³-hybridized carbons (Fsp3) is 0.750. The summed E-state index contributed by atoms with van der Waals surface area (Å²) in [5.74, 6) is 0.584. The zero-order valence-electron chi connectivity index (χ0n) is 6.29. The van der Waals surface area contributed by atoms with Gasteiger partial charge < -0.3 is 4.74 Å². The second-order valence-corrected chi connectivity index (χ2v) is 2.79. The normalized spacial score (nSPS) is 43.2. The molecule has 0 aromatic rings. The molecule has 0 radical (unpaired) electrons. The molecule has 0 saturated heterocycles. The van der Waals surface area contributed by atoms with E-state index in [4.69, 9.17) is 4.74 Å². The topological polar surface area (TPSA) is 9.23 Å². The molecule has 9 heavy (non-hydrogen) atoms. The van der Waals surface area contributed by atoms with Crippen LogP contribution in [0.4, 0.5) is 0 Å². The Morgan fingerprint density at radius 1 is 1.11 bits per heavy atom. The van der Waals surface area contributed by atoms with Gasteiger partial charge in [-0.15, -0.1) is 0 Å². The number of ether oxygens (including phenoxy) is 1. The average molecular weight is 126 g/mol. The maximum atomic E-state index is 5.51. The van der Waals surface area contributed by atoms with Gasteiger partial charge in [0.05, 0.1) is 12.2 Å². The summed E-state index contributed by atoms with van der Waals surface area (Å²) in [5, 5.41) is 0. The van der Waals surface area contributed by atoms with Crippen molar-refractivity contribution in [1.29, 1.82) is 0 Å². The van der Waals surface area contributed by atoms with Gasteiger partial charge in [0.2, 0.25) is 0 Å². The van der Waals surface area contributed by atoms with Crippen molar-refractivity contribution in [2.75, 3.05) is 0 Å². The predicted molar refractivity (Wildman–Crippen MR) is 38.3 cm³/mol. The third-order valence-corrected chi connectivity index (χ3v) is 1.86. The van der Waals surface area contributed by atoms with Crippen LogP contribution >= 0.6 is 0 Å². The van der Waals surface area contributed by atoms with Crippen LogP contribution in [-0.2, 0) is 4.74 Å². The van der Waals surface area contributed by atoms with Crippen molar-refractivity contribution in [2.45, 2.75) is 33.0 Å². The molecule has 0 aromatic heterocycles. The van der Waals surface area contributed by atoms with Gasteiger partial charge in [0.1, 0.15) is 0 Å². The molecule has 0 aliphatic carbocycles. The lowest BCUT2D eigenvalue weighted by molar-refractivity contribution is 0.00309. The zero-order valence-corrected chi connectivity index (χ0v) is 6.29. The summed E-state index contributed by atoms with van der Waals surface area (Å²) in [4.78, 5) is 0. The lowest BCUT2D eigenvalue weighted by atomic mass is 10.0. The van der Waals surface area contributed by atoms with Crippen LogP contribution < -0.4 is 0 Å². The van der Waals surface area contributed by atoms with E-state index < -0.39 is 0 Å². The van der Waals surface area contributed by atoms with E-state index in [1.807, 2.05) is 0 Å². The molecule has 0 unspecified atom stereocenters. The Balaban J connectivity index is 2.54. The highest BCUT2D eigenvalue weighted by molar-refractivity contribution is 4.97. The van der Waals surface area contributed by atoms with Crippen LogP contribution in [0.2, 0.25) is 0 Å². The molecular weight excluding hydrogens is 112 g/mol. The molecule has 1 nitrogen and oxygen atoms in total. The summed E-state index contributed by atoms with van der Waals surface area (Å²) in [5.41, 5.74) is 0. The first-order chi connectivity index (χ1) is 4.20. The van der Waals surface area contributed by atoms with E-state index in [0.29, 0.717) is 18.1 Å². The van der Waals surface area contributed by atoms with Crippen molar-refractivity contribution in [2.24, 2.45) is 5.92 Å². The van der Waals surface area contributed by atoms with Crippen LogP contribution in [0.1, 0.15) is 20.8 Å². The second-order valence-electron chi connectivity index (χ2n) is 2.79. The first-order valence-electron chi connectivity index (χ1n) is 3.54. The molecule has 3 atom stereocenters. The Hall–Kier alpha value is -0.300. The minimum atomic E-state index is 0.316. The van der Waals surface area contributed by atoms with Crippen molar-refractivity contribution in [3.8, 4) is 0 Å². The maximum Gasteiger partial charge on any atom is 0.0731 e. The highest BCUT2D eigenvalue weighted by Crippen LogP contribution is 2.16. The molecule has 52 valence electrons. The third kappa shape index (κ3) is 1.55. The summed E-state index contributed by atoms with van der Waals surface area (Å²) in [6, 6.07) is 0. The minimum absolute atomic E-state index is 0.316. The molecule has 0 spiro atoms. The summed E-state index contributed by atoms with van der Waals surface area (Å²) >= 11 is 0. The van der Waals surface area contributed by atoms with E-state index in [1.54, 1.807) is 0 Å². The van der Waals surface area contributed by atoms with Crippen molar-refractivity contribution in [3.63, 3.8) is 0 Å². The number of hydrogen-bond donors (Lipinski definition) is 0. The predicted octanol–water partition coefficient (Wildman–Crippen LogP) is 1.99.